The quantitative estimate of drug-likeness (QED) is 0.757. The highest BCUT2D eigenvalue weighted by Gasteiger charge is 2.11. The molecule has 0 saturated heterocycles. The van der Waals surface area contributed by atoms with E-state index in [1.54, 1.807) is 7.05 Å². The van der Waals surface area contributed by atoms with Crippen LogP contribution in [0.15, 0.2) is 30.9 Å². The third kappa shape index (κ3) is 3.62. The highest BCUT2D eigenvalue weighted by Crippen LogP contribution is 2.20. The Bertz CT molecular complexity index is 427. The summed E-state index contributed by atoms with van der Waals surface area (Å²) in [7, 11) is 1.65. The first-order valence-electron chi connectivity index (χ1n) is 6.29. The van der Waals surface area contributed by atoms with Crippen LogP contribution in [0.25, 0.3) is 0 Å². The minimum Gasteiger partial charge on any atom is -0.382 e. The topological polar surface area (TPSA) is 41.1 Å². The summed E-state index contributed by atoms with van der Waals surface area (Å²) < 4.78 is 0. The van der Waals surface area contributed by atoms with E-state index in [1.807, 2.05) is 31.2 Å². The molecule has 1 aromatic rings. The molecule has 3 nitrogen and oxygen atoms in total. The number of allylic oxidation sites excluding steroid dienone is 1. The van der Waals surface area contributed by atoms with Crippen molar-refractivity contribution in [3.8, 4) is 0 Å². The van der Waals surface area contributed by atoms with Gasteiger partial charge in [-0.3, -0.25) is 4.79 Å². The molecule has 0 fully saturated rings. The van der Waals surface area contributed by atoms with Crippen molar-refractivity contribution in [1.29, 1.82) is 0 Å². The van der Waals surface area contributed by atoms with E-state index in [9.17, 15) is 4.79 Å². The zero-order chi connectivity index (χ0) is 13.5. The fourth-order valence-corrected chi connectivity index (χ4v) is 1.88. The SMILES string of the molecule is C=CCCC(C)Nc1cccc(C(=O)NC)c1C. The molecule has 0 bridgehead atoms. The molecular formula is C15H22N2O. The second-order valence-electron chi connectivity index (χ2n) is 4.47. The van der Waals surface area contributed by atoms with E-state index in [-0.39, 0.29) is 5.91 Å². The van der Waals surface area contributed by atoms with Gasteiger partial charge in [0.05, 0.1) is 0 Å². The summed E-state index contributed by atoms with van der Waals surface area (Å²) in [5, 5.41) is 6.09. The summed E-state index contributed by atoms with van der Waals surface area (Å²) >= 11 is 0. The molecule has 0 aromatic heterocycles. The summed E-state index contributed by atoms with van der Waals surface area (Å²) in [4.78, 5) is 11.7. The zero-order valence-corrected chi connectivity index (χ0v) is 11.4. The van der Waals surface area contributed by atoms with Crippen LogP contribution in [0.3, 0.4) is 0 Å². The second kappa shape index (κ2) is 6.84. The van der Waals surface area contributed by atoms with Crippen LogP contribution in [-0.2, 0) is 0 Å². The largest absolute Gasteiger partial charge is 0.382 e. The van der Waals surface area contributed by atoms with Crippen molar-refractivity contribution in [3.05, 3.63) is 42.0 Å². The van der Waals surface area contributed by atoms with E-state index in [4.69, 9.17) is 0 Å². The Hall–Kier alpha value is -1.77. The average Bonchev–Trinajstić information content (AvgIpc) is 2.38. The van der Waals surface area contributed by atoms with Gasteiger partial charge in [0.25, 0.3) is 5.91 Å². The molecule has 1 rings (SSSR count). The second-order valence-corrected chi connectivity index (χ2v) is 4.47. The van der Waals surface area contributed by atoms with Gasteiger partial charge in [0.2, 0.25) is 0 Å². The van der Waals surface area contributed by atoms with Gasteiger partial charge in [-0.05, 0) is 44.4 Å². The van der Waals surface area contributed by atoms with Crippen LogP contribution in [0.4, 0.5) is 5.69 Å². The number of nitrogens with one attached hydrogen (secondary N) is 2. The Morgan fingerprint density at radius 2 is 2.22 bits per heavy atom. The van der Waals surface area contributed by atoms with Crippen molar-refractivity contribution in [2.75, 3.05) is 12.4 Å². The van der Waals surface area contributed by atoms with Crippen molar-refractivity contribution in [2.24, 2.45) is 0 Å². The summed E-state index contributed by atoms with van der Waals surface area (Å²) in [6.45, 7) is 7.82. The molecule has 0 aliphatic heterocycles. The lowest BCUT2D eigenvalue weighted by Crippen LogP contribution is -2.21. The molecule has 0 aliphatic rings. The maximum atomic E-state index is 11.7. The number of amides is 1. The number of hydrogen-bond donors (Lipinski definition) is 2. The maximum Gasteiger partial charge on any atom is 0.251 e. The van der Waals surface area contributed by atoms with Crippen LogP contribution in [0.5, 0.6) is 0 Å². The van der Waals surface area contributed by atoms with Crippen molar-refractivity contribution in [1.82, 2.24) is 5.32 Å². The predicted molar refractivity (Wildman–Crippen MR) is 77.1 cm³/mol. The fourth-order valence-electron chi connectivity index (χ4n) is 1.88. The van der Waals surface area contributed by atoms with Crippen LogP contribution in [0.2, 0.25) is 0 Å². The lowest BCUT2D eigenvalue weighted by atomic mass is 10.0. The van der Waals surface area contributed by atoms with Crippen LogP contribution in [0.1, 0.15) is 35.7 Å². The minimum absolute atomic E-state index is 0.0464. The maximum absolute atomic E-state index is 11.7. The average molecular weight is 246 g/mol. The van der Waals surface area contributed by atoms with Gasteiger partial charge in [-0.15, -0.1) is 6.58 Å². The molecule has 0 aliphatic carbocycles. The summed E-state index contributed by atoms with van der Waals surface area (Å²) in [6.07, 6.45) is 3.95. The smallest absolute Gasteiger partial charge is 0.251 e. The van der Waals surface area contributed by atoms with Crippen molar-refractivity contribution < 1.29 is 4.79 Å². The molecule has 0 radical (unpaired) electrons. The molecule has 3 heteroatoms. The van der Waals surface area contributed by atoms with Gasteiger partial charge in [0.1, 0.15) is 0 Å². The zero-order valence-electron chi connectivity index (χ0n) is 11.4. The third-order valence-electron chi connectivity index (χ3n) is 3.01. The standard InChI is InChI=1S/C15H22N2O/c1-5-6-8-11(2)17-14-10-7-9-13(12(14)3)15(18)16-4/h5,7,9-11,17H,1,6,8H2,2-4H3,(H,16,18). The van der Waals surface area contributed by atoms with Crippen molar-refractivity contribution in [2.45, 2.75) is 32.7 Å². The lowest BCUT2D eigenvalue weighted by molar-refractivity contribution is 0.0962. The number of carbonyl (C=O) groups excluding carboxylic acids is 1. The Labute approximate surface area is 109 Å². The van der Waals surface area contributed by atoms with Gasteiger partial charge in [0, 0.05) is 24.3 Å². The van der Waals surface area contributed by atoms with E-state index in [0.717, 1.165) is 29.7 Å². The number of hydrogen-bond acceptors (Lipinski definition) is 2. The van der Waals surface area contributed by atoms with Crippen molar-refractivity contribution in [3.63, 3.8) is 0 Å². The lowest BCUT2D eigenvalue weighted by Gasteiger charge is -2.17. The van der Waals surface area contributed by atoms with Crippen molar-refractivity contribution >= 4 is 11.6 Å². The molecule has 0 spiro atoms. The molecule has 1 amide bonds. The summed E-state index contributed by atoms with van der Waals surface area (Å²) in [6, 6.07) is 6.11. The monoisotopic (exact) mass is 246 g/mol. The molecule has 2 N–H and O–H groups in total. The van der Waals surface area contributed by atoms with Gasteiger partial charge in [-0.25, -0.2) is 0 Å². The van der Waals surface area contributed by atoms with E-state index >= 15 is 0 Å². The van der Waals surface area contributed by atoms with Gasteiger partial charge < -0.3 is 10.6 Å². The Kier molecular flexibility index (Phi) is 5.43. The number of benzene rings is 1. The van der Waals surface area contributed by atoms with Crippen LogP contribution < -0.4 is 10.6 Å². The van der Waals surface area contributed by atoms with Gasteiger partial charge in [0.15, 0.2) is 0 Å². The first-order chi connectivity index (χ1) is 8.60. The summed E-state index contributed by atoms with van der Waals surface area (Å²) in [5.74, 6) is -0.0464. The Balaban J connectivity index is 2.83. The minimum atomic E-state index is -0.0464. The van der Waals surface area contributed by atoms with Gasteiger partial charge in [-0.2, -0.15) is 0 Å². The third-order valence-corrected chi connectivity index (χ3v) is 3.01. The number of carbonyl (C=O) groups is 1. The normalized spacial score (nSPS) is 11.7. The molecule has 18 heavy (non-hydrogen) atoms. The molecular weight excluding hydrogens is 224 g/mol. The van der Waals surface area contributed by atoms with Gasteiger partial charge in [-0.1, -0.05) is 12.1 Å². The van der Waals surface area contributed by atoms with Crippen LogP contribution in [-0.4, -0.2) is 19.0 Å². The summed E-state index contributed by atoms with van der Waals surface area (Å²) in [5.41, 5.74) is 2.73. The van der Waals surface area contributed by atoms with Gasteiger partial charge >= 0.3 is 0 Å². The molecule has 1 unspecified atom stereocenters. The van der Waals surface area contributed by atoms with E-state index in [2.05, 4.69) is 24.1 Å². The van der Waals surface area contributed by atoms with E-state index in [0.29, 0.717) is 6.04 Å². The molecule has 0 heterocycles. The fraction of sp³-hybridized carbons (Fsp3) is 0.400. The molecule has 0 saturated carbocycles. The van der Waals surface area contributed by atoms with E-state index in [1.165, 1.54) is 0 Å². The highest BCUT2D eigenvalue weighted by atomic mass is 16.1. The molecule has 1 atom stereocenters. The molecule has 1 aromatic carbocycles. The number of rotatable bonds is 6. The highest BCUT2D eigenvalue weighted by molar-refractivity contribution is 5.96. The first kappa shape index (κ1) is 14.3. The molecule has 98 valence electrons. The number of anilines is 1. The Morgan fingerprint density at radius 3 is 2.83 bits per heavy atom. The van der Waals surface area contributed by atoms with Crippen LogP contribution >= 0.6 is 0 Å². The van der Waals surface area contributed by atoms with Crippen LogP contribution in [0, 0.1) is 6.92 Å². The predicted octanol–water partition coefficient (Wildman–Crippen LogP) is 3.12. The Morgan fingerprint density at radius 1 is 1.50 bits per heavy atom. The van der Waals surface area contributed by atoms with E-state index < -0.39 is 0 Å². The first-order valence-corrected chi connectivity index (χ1v) is 6.29.